The van der Waals surface area contributed by atoms with E-state index in [-0.39, 0.29) is 11.8 Å². The number of carbonyl (C=O) groups is 2. The Morgan fingerprint density at radius 2 is 1.75 bits per heavy atom. The molecule has 0 unspecified atom stereocenters. The maximum Gasteiger partial charge on any atom is 0.330 e. The monoisotopic (exact) mass is 227 g/mol. The first-order valence-corrected chi connectivity index (χ1v) is 5.73. The molecular weight excluding hydrogens is 206 g/mol. The van der Waals surface area contributed by atoms with Gasteiger partial charge in [0.05, 0.1) is 0 Å². The van der Waals surface area contributed by atoms with Gasteiger partial charge in [0.2, 0.25) is 5.91 Å². The van der Waals surface area contributed by atoms with Crippen LogP contribution in [0.4, 0.5) is 0 Å². The van der Waals surface area contributed by atoms with Gasteiger partial charge in [-0.25, -0.2) is 4.79 Å². The number of aliphatic carboxylic acids is 1. The number of nitrogens with one attached hydrogen (secondary N) is 1. The van der Waals surface area contributed by atoms with Gasteiger partial charge in [-0.3, -0.25) is 4.79 Å². The van der Waals surface area contributed by atoms with Crippen molar-refractivity contribution < 1.29 is 14.7 Å². The molecule has 0 bridgehead atoms. The van der Waals surface area contributed by atoms with Crippen molar-refractivity contribution in [3.05, 3.63) is 11.8 Å². The first kappa shape index (κ1) is 14.7. The predicted molar refractivity (Wildman–Crippen MR) is 62.8 cm³/mol. The number of hydrogen-bond donors (Lipinski definition) is 2. The number of carboxylic acid groups (broad SMARTS) is 1. The summed E-state index contributed by atoms with van der Waals surface area (Å²) in [6.45, 7) is 5.66. The Morgan fingerprint density at radius 3 is 2.12 bits per heavy atom. The van der Waals surface area contributed by atoms with E-state index in [4.69, 9.17) is 5.11 Å². The molecule has 0 aromatic heterocycles. The summed E-state index contributed by atoms with van der Waals surface area (Å²) in [7, 11) is 0. The summed E-state index contributed by atoms with van der Waals surface area (Å²) in [4.78, 5) is 22.2. The summed E-state index contributed by atoms with van der Waals surface area (Å²) in [6, 6.07) is 0. The lowest BCUT2D eigenvalue weighted by molar-refractivity contribution is -0.131. The maximum atomic E-state index is 11.8. The van der Waals surface area contributed by atoms with E-state index >= 15 is 0 Å². The van der Waals surface area contributed by atoms with Crippen molar-refractivity contribution in [3.8, 4) is 0 Å². The number of allylic oxidation sites excluding steroid dienone is 1. The van der Waals surface area contributed by atoms with Crippen molar-refractivity contribution in [1.29, 1.82) is 0 Å². The van der Waals surface area contributed by atoms with Crippen LogP contribution in [-0.2, 0) is 9.59 Å². The van der Waals surface area contributed by atoms with E-state index in [1.807, 2.05) is 13.8 Å². The zero-order valence-corrected chi connectivity index (χ0v) is 10.2. The number of amides is 1. The zero-order valence-electron chi connectivity index (χ0n) is 10.2. The molecule has 0 aliphatic carbocycles. The Bertz CT molecular complexity index is 265. The molecule has 0 fully saturated rings. The zero-order chi connectivity index (χ0) is 12.6. The lowest BCUT2D eigenvalue weighted by Crippen LogP contribution is -2.29. The van der Waals surface area contributed by atoms with Crippen molar-refractivity contribution in [1.82, 2.24) is 5.32 Å². The molecule has 0 rings (SSSR count). The Kier molecular flexibility index (Phi) is 7.25. The molecule has 0 saturated heterocycles. The molecule has 0 aliphatic rings. The number of carboxylic acids is 1. The quantitative estimate of drug-likeness (QED) is 0.656. The van der Waals surface area contributed by atoms with Gasteiger partial charge in [-0.05, 0) is 19.8 Å². The number of carbonyl (C=O) groups excluding carboxylic acids is 1. The second-order valence-electron chi connectivity index (χ2n) is 3.93. The normalized spacial score (nSPS) is 11.6. The molecule has 0 aliphatic heterocycles. The maximum absolute atomic E-state index is 11.8. The van der Waals surface area contributed by atoms with Gasteiger partial charge in [0.25, 0.3) is 0 Å². The highest BCUT2D eigenvalue weighted by molar-refractivity contribution is 5.84. The SMILES string of the molecule is CCCC(CCC)C(=O)NC(C)=CC(=O)O. The molecule has 2 N–H and O–H groups in total. The van der Waals surface area contributed by atoms with Crippen LogP contribution in [0.15, 0.2) is 11.8 Å². The highest BCUT2D eigenvalue weighted by Crippen LogP contribution is 2.13. The first-order chi connectivity index (χ1) is 7.51. The molecule has 0 saturated carbocycles. The molecule has 4 nitrogen and oxygen atoms in total. The van der Waals surface area contributed by atoms with E-state index in [9.17, 15) is 9.59 Å². The van der Waals surface area contributed by atoms with E-state index in [1.54, 1.807) is 6.92 Å². The Hall–Kier alpha value is -1.32. The Morgan fingerprint density at radius 1 is 1.25 bits per heavy atom. The fourth-order valence-electron chi connectivity index (χ4n) is 1.62. The topological polar surface area (TPSA) is 66.4 Å². The smallest absolute Gasteiger partial charge is 0.330 e. The summed E-state index contributed by atoms with van der Waals surface area (Å²) in [6.07, 6.45) is 4.62. The van der Waals surface area contributed by atoms with Gasteiger partial charge in [0, 0.05) is 17.7 Å². The van der Waals surface area contributed by atoms with Crippen LogP contribution in [0.1, 0.15) is 46.5 Å². The van der Waals surface area contributed by atoms with Gasteiger partial charge < -0.3 is 10.4 Å². The van der Waals surface area contributed by atoms with Crippen LogP contribution in [0.3, 0.4) is 0 Å². The minimum absolute atomic E-state index is 0.00727. The van der Waals surface area contributed by atoms with Gasteiger partial charge in [-0.15, -0.1) is 0 Å². The van der Waals surface area contributed by atoms with Gasteiger partial charge in [-0.1, -0.05) is 26.7 Å². The van der Waals surface area contributed by atoms with Crippen molar-refractivity contribution in [2.24, 2.45) is 5.92 Å². The van der Waals surface area contributed by atoms with Gasteiger partial charge in [-0.2, -0.15) is 0 Å². The molecule has 0 atom stereocenters. The van der Waals surface area contributed by atoms with Crippen LogP contribution in [0, 0.1) is 5.92 Å². The highest BCUT2D eigenvalue weighted by atomic mass is 16.4. The number of rotatable bonds is 7. The molecule has 0 heterocycles. The summed E-state index contributed by atoms with van der Waals surface area (Å²) < 4.78 is 0. The lowest BCUT2D eigenvalue weighted by Gasteiger charge is -2.15. The fraction of sp³-hybridized carbons (Fsp3) is 0.667. The summed E-state index contributed by atoms with van der Waals surface area (Å²) >= 11 is 0. The minimum atomic E-state index is -1.04. The standard InChI is InChI=1S/C12H21NO3/c1-4-6-10(7-5-2)12(16)13-9(3)8-11(14)15/h8,10H,4-7H2,1-3H3,(H,13,16)(H,14,15). The summed E-state index contributed by atoms with van der Waals surface area (Å²) in [5.74, 6) is -1.12. The second kappa shape index (κ2) is 7.91. The van der Waals surface area contributed by atoms with Gasteiger partial charge in [0.1, 0.15) is 0 Å². The summed E-state index contributed by atoms with van der Waals surface area (Å²) in [5.41, 5.74) is 0.384. The molecule has 1 amide bonds. The minimum Gasteiger partial charge on any atom is -0.478 e. The molecule has 0 aromatic rings. The van der Waals surface area contributed by atoms with E-state index in [2.05, 4.69) is 5.32 Å². The summed E-state index contributed by atoms with van der Waals surface area (Å²) in [5, 5.41) is 11.1. The molecule has 0 spiro atoms. The van der Waals surface area contributed by atoms with Gasteiger partial charge in [0.15, 0.2) is 0 Å². The Labute approximate surface area is 96.7 Å². The highest BCUT2D eigenvalue weighted by Gasteiger charge is 2.16. The van der Waals surface area contributed by atoms with Crippen LogP contribution in [0.2, 0.25) is 0 Å². The third kappa shape index (κ3) is 6.22. The van der Waals surface area contributed by atoms with Gasteiger partial charge >= 0.3 is 5.97 Å². The molecule has 16 heavy (non-hydrogen) atoms. The van der Waals surface area contributed by atoms with E-state index in [0.29, 0.717) is 5.70 Å². The molecule has 4 heteroatoms. The third-order valence-corrected chi connectivity index (χ3v) is 2.31. The first-order valence-electron chi connectivity index (χ1n) is 5.73. The van der Waals surface area contributed by atoms with E-state index in [1.165, 1.54) is 0 Å². The Balaban J connectivity index is 4.34. The number of hydrogen-bond acceptors (Lipinski definition) is 2. The largest absolute Gasteiger partial charge is 0.478 e. The lowest BCUT2D eigenvalue weighted by atomic mass is 9.97. The second-order valence-corrected chi connectivity index (χ2v) is 3.93. The molecular formula is C12H21NO3. The fourth-order valence-corrected chi connectivity index (χ4v) is 1.62. The van der Waals surface area contributed by atoms with Crippen LogP contribution in [0.25, 0.3) is 0 Å². The van der Waals surface area contributed by atoms with Crippen molar-refractivity contribution in [2.45, 2.75) is 46.5 Å². The van der Waals surface area contributed by atoms with Crippen molar-refractivity contribution >= 4 is 11.9 Å². The average molecular weight is 227 g/mol. The van der Waals surface area contributed by atoms with Crippen molar-refractivity contribution in [2.75, 3.05) is 0 Å². The van der Waals surface area contributed by atoms with E-state index < -0.39 is 5.97 Å². The van der Waals surface area contributed by atoms with E-state index in [0.717, 1.165) is 31.8 Å². The average Bonchev–Trinajstić information content (AvgIpc) is 2.15. The van der Waals surface area contributed by atoms with Crippen LogP contribution >= 0.6 is 0 Å². The molecule has 92 valence electrons. The van der Waals surface area contributed by atoms with Crippen LogP contribution in [0.5, 0.6) is 0 Å². The van der Waals surface area contributed by atoms with Crippen LogP contribution < -0.4 is 5.32 Å². The molecule has 0 radical (unpaired) electrons. The predicted octanol–water partition coefficient (Wildman–Crippen LogP) is 2.31. The van der Waals surface area contributed by atoms with Crippen LogP contribution in [-0.4, -0.2) is 17.0 Å². The third-order valence-electron chi connectivity index (χ3n) is 2.31. The molecule has 0 aromatic carbocycles. The van der Waals surface area contributed by atoms with Crippen molar-refractivity contribution in [3.63, 3.8) is 0 Å².